The Kier molecular flexibility index (Phi) is 8.76. The summed E-state index contributed by atoms with van der Waals surface area (Å²) in [6.45, 7) is 10.1. The van der Waals surface area contributed by atoms with Crippen LogP contribution in [0, 0.1) is 11.3 Å². The third-order valence-electron chi connectivity index (χ3n) is 3.58. The van der Waals surface area contributed by atoms with Crippen molar-refractivity contribution in [1.82, 2.24) is 29.9 Å². The van der Waals surface area contributed by atoms with Crippen LogP contribution >= 0.6 is 23.2 Å². The average molecular weight is 468 g/mol. The summed E-state index contributed by atoms with van der Waals surface area (Å²) < 4.78 is 0. The number of hydrogen-bond acceptors (Lipinski definition) is 11. The Bertz CT molecular complexity index is 888. The van der Waals surface area contributed by atoms with Crippen molar-refractivity contribution in [2.24, 2.45) is 0 Å². The molecule has 0 radical (unpaired) electrons. The minimum absolute atomic E-state index is 0.0854. The first-order valence-electron chi connectivity index (χ1n) is 9.89. The predicted octanol–water partition coefficient (Wildman–Crippen LogP) is 3.59. The van der Waals surface area contributed by atoms with Crippen LogP contribution in [0.3, 0.4) is 0 Å². The molecule has 1 fully saturated rings. The average Bonchev–Trinajstić information content (AvgIpc) is 3.44. The molecule has 13 heteroatoms. The molecule has 0 saturated heterocycles. The molecule has 0 unspecified atom stereocenters. The molecular formula is C18H27Cl2N11. The van der Waals surface area contributed by atoms with Crippen molar-refractivity contribution in [2.75, 3.05) is 27.8 Å². The fourth-order valence-corrected chi connectivity index (χ4v) is 2.42. The van der Waals surface area contributed by atoms with Gasteiger partial charge >= 0.3 is 0 Å². The first-order chi connectivity index (χ1) is 14.6. The number of nitrogens with zero attached hydrogens (tertiary/aromatic N) is 7. The highest BCUT2D eigenvalue weighted by atomic mass is 35.5. The third-order valence-corrected chi connectivity index (χ3v) is 3.92. The molecule has 0 bridgehead atoms. The lowest BCUT2D eigenvalue weighted by Crippen LogP contribution is -2.29. The first kappa shape index (κ1) is 24.6. The van der Waals surface area contributed by atoms with Crippen molar-refractivity contribution in [2.45, 2.75) is 65.1 Å². The van der Waals surface area contributed by atoms with Gasteiger partial charge in [-0.05, 0) is 70.7 Å². The van der Waals surface area contributed by atoms with E-state index in [2.05, 4.69) is 57.2 Å². The van der Waals surface area contributed by atoms with Crippen molar-refractivity contribution >= 4 is 47.0 Å². The maximum absolute atomic E-state index is 8.87. The molecule has 1 aliphatic carbocycles. The van der Waals surface area contributed by atoms with E-state index in [1.807, 2.05) is 20.8 Å². The monoisotopic (exact) mass is 467 g/mol. The van der Waals surface area contributed by atoms with Gasteiger partial charge in [0.15, 0.2) is 0 Å². The van der Waals surface area contributed by atoms with E-state index in [0.717, 1.165) is 0 Å². The fraction of sp³-hybridized carbons (Fsp3) is 0.611. The number of hydrogen-bond donors (Lipinski definition) is 4. The molecule has 0 spiro atoms. The Hall–Kier alpha value is -2.71. The molecule has 4 N–H and O–H groups in total. The van der Waals surface area contributed by atoms with E-state index in [0.29, 0.717) is 30.4 Å². The van der Waals surface area contributed by atoms with Gasteiger partial charge < -0.3 is 21.3 Å². The molecule has 0 amide bonds. The summed E-state index contributed by atoms with van der Waals surface area (Å²) >= 11 is 11.5. The summed E-state index contributed by atoms with van der Waals surface area (Å²) in [6.07, 6.45) is 2.35. The minimum atomic E-state index is -0.756. The smallest absolute Gasteiger partial charge is 0.230 e. The Morgan fingerprint density at radius 2 is 1.52 bits per heavy atom. The van der Waals surface area contributed by atoms with Crippen molar-refractivity contribution < 1.29 is 0 Å². The summed E-state index contributed by atoms with van der Waals surface area (Å²) in [5.41, 5.74) is -0.756. The highest BCUT2D eigenvalue weighted by molar-refractivity contribution is 6.28. The molecule has 2 heterocycles. The van der Waals surface area contributed by atoms with Crippen LogP contribution in [0.4, 0.5) is 23.8 Å². The zero-order valence-corrected chi connectivity index (χ0v) is 19.7. The van der Waals surface area contributed by atoms with Crippen LogP contribution in [0.15, 0.2) is 0 Å². The topological polar surface area (TPSA) is 149 Å². The van der Waals surface area contributed by atoms with Crippen LogP contribution in [-0.4, -0.2) is 54.1 Å². The van der Waals surface area contributed by atoms with Gasteiger partial charge in [-0.1, -0.05) is 0 Å². The second kappa shape index (κ2) is 11.1. The van der Waals surface area contributed by atoms with Gasteiger partial charge in [-0.15, -0.1) is 0 Å². The second-order valence-corrected chi connectivity index (χ2v) is 8.29. The van der Waals surface area contributed by atoms with Crippen LogP contribution in [0.5, 0.6) is 0 Å². The van der Waals surface area contributed by atoms with Crippen molar-refractivity contribution in [3.8, 4) is 6.07 Å². The van der Waals surface area contributed by atoms with E-state index >= 15 is 0 Å². The van der Waals surface area contributed by atoms with Crippen LogP contribution in [-0.2, 0) is 0 Å². The standard InChI is InChI=1S/C9H13ClN6.C9H14ClN5/c1-4-12-7-13-6(10)14-8(15-7)16-9(2,3)5-11;1-5(2)11-8-13-7(10)14-9(15-8)12-6-3-4-6/h4H2,1-3H3,(H2,12,13,14,15,16);5-6H,3-4H2,1-2H3,(H2,11,12,13,14,15). The zero-order valence-electron chi connectivity index (χ0n) is 18.2. The van der Waals surface area contributed by atoms with Gasteiger partial charge in [0.2, 0.25) is 34.4 Å². The Balaban J connectivity index is 0.000000220. The number of halogens is 2. The summed E-state index contributed by atoms with van der Waals surface area (Å²) in [4.78, 5) is 24.1. The molecule has 1 aliphatic rings. The van der Waals surface area contributed by atoms with Crippen LogP contribution in [0.2, 0.25) is 10.6 Å². The Morgan fingerprint density at radius 1 is 0.968 bits per heavy atom. The molecule has 0 aromatic carbocycles. The van der Waals surface area contributed by atoms with Crippen molar-refractivity contribution in [1.29, 1.82) is 5.26 Å². The van der Waals surface area contributed by atoms with Gasteiger partial charge in [0.1, 0.15) is 5.54 Å². The highest BCUT2D eigenvalue weighted by Crippen LogP contribution is 2.23. The third kappa shape index (κ3) is 9.31. The zero-order chi connectivity index (χ0) is 23.0. The molecule has 1 saturated carbocycles. The lowest BCUT2D eigenvalue weighted by molar-refractivity contribution is 0.715. The molecule has 0 aliphatic heterocycles. The summed E-state index contributed by atoms with van der Waals surface area (Å²) in [7, 11) is 0. The van der Waals surface area contributed by atoms with Gasteiger partial charge in [0.05, 0.1) is 6.07 Å². The predicted molar refractivity (Wildman–Crippen MR) is 123 cm³/mol. The second-order valence-electron chi connectivity index (χ2n) is 7.61. The molecule has 168 valence electrons. The van der Waals surface area contributed by atoms with E-state index in [1.54, 1.807) is 13.8 Å². The molecule has 2 aromatic rings. The van der Waals surface area contributed by atoms with E-state index in [4.69, 9.17) is 28.5 Å². The van der Waals surface area contributed by atoms with Gasteiger partial charge in [-0.25, -0.2) is 0 Å². The molecule has 31 heavy (non-hydrogen) atoms. The van der Waals surface area contributed by atoms with Gasteiger partial charge in [0.25, 0.3) is 0 Å². The molecular weight excluding hydrogens is 441 g/mol. The lowest BCUT2D eigenvalue weighted by atomic mass is 10.1. The van der Waals surface area contributed by atoms with E-state index in [1.165, 1.54) is 12.8 Å². The van der Waals surface area contributed by atoms with E-state index in [-0.39, 0.29) is 22.6 Å². The molecule has 0 atom stereocenters. The summed E-state index contributed by atoms with van der Waals surface area (Å²) in [5, 5.41) is 21.2. The van der Waals surface area contributed by atoms with Crippen LogP contribution < -0.4 is 21.3 Å². The highest BCUT2D eigenvalue weighted by Gasteiger charge is 2.22. The lowest BCUT2D eigenvalue weighted by Gasteiger charge is -2.17. The van der Waals surface area contributed by atoms with Crippen LogP contribution in [0.1, 0.15) is 47.5 Å². The van der Waals surface area contributed by atoms with E-state index < -0.39 is 5.54 Å². The summed E-state index contributed by atoms with van der Waals surface area (Å²) in [5.74, 6) is 1.75. The largest absolute Gasteiger partial charge is 0.354 e. The summed E-state index contributed by atoms with van der Waals surface area (Å²) in [6, 6.07) is 2.87. The van der Waals surface area contributed by atoms with Gasteiger partial charge in [0, 0.05) is 18.6 Å². The van der Waals surface area contributed by atoms with Crippen molar-refractivity contribution in [3.63, 3.8) is 0 Å². The van der Waals surface area contributed by atoms with Gasteiger partial charge in [-0.2, -0.15) is 35.2 Å². The Morgan fingerprint density at radius 3 is 2.06 bits per heavy atom. The quantitative estimate of drug-likeness (QED) is 0.450. The number of nitriles is 1. The SMILES string of the molecule is CC(C)Nc1nc(Cl)nc(NC2CC2)n1.CCNc1nc(Cl)nc(NC(C)(C)C#N)n1. The van der Waals surface area contributed by atoms with Crippen LogP contribution in [0.25, 0.3) is 0 Å². The fourth-order valence-electron chi connectivity index (χ4n) is 2.10. The first-order valence-corrected chi connectivity index (χ1v) is 10.6. The molecule has 11 nitrogen and oxygen atoms in total. The molecule has 3 rings (SSSR count). The number of nitrogens with one attached hydrogen (secondary N) is 4. The number of rotatable bonds is 8. The Labute approximate surface area is 191 Å². The van der Waals surface area contributed by atoms with Crippen molar-refractivity contribution in [3.05, 3.63) is 10.6 Å². The minimum Gasteiger partial charge on any atom is -0.354 e. The number of anilines is 4. The molecule has 2 aromatic heterocycles. The van der Waals surface area contributed by atoms with E-state index in [9.17, 15) is 0 Å². The normalized spacial score (nSPS) is 13.0. The van der Waals surface area contributed by atoms with Gasteiger partial charge in [-0.3, -0.25) is 0 Å². The maximum atomic E-state index is 8.87. The maximum Gasteiger partial charge on any atom is 0.230 e. The number of aromatic nitrogens is 6.